The highest BCUT2D eigenvalue weighted by Gasteiger charge is 2.60. The number of rotatable bonds is 5. The molecule has 28 heavy (non-hydrogen) atoms. The van der Waals surface area contributed by atoms with Crippen LogP contribution in [0.25, 0.3) is 0 Å². The Hall–Kier alpha value is -0.0400. The molecule has 4 aliphatic rings. The first kappa shape index (κ1) is 21.2. The lowest BCUT2D eigenvalue weighted by molar-refractivity contribution is -0.129. The Morgan fingerprint density at radius 3 is 2.29 bits per heavy atom. The Labute approximate surface area is 175 Å². The van der Waals surface area contributed by atoms with Gasteiger partial charge in [0, 0.05) is 0 Å². The Balaban J connectivity index is 1.46. The molecule has 0 radical (unpaired) electrons. The molecule has 0 saturated heterocycles. The Kier molecular flexibility index (Phi) is 5.98. The minimum Gasteiger partial charge on any atom is -0.393 e. The second kappa shape index (κ2) is 7.90. The fourth-order valence-electron chi connectivity index (χ4n) is 9.26. The van der Waals surface area contributed by atoms with Crippen LogP contribution >= 0.6 is 0 Å². The summed E-state index contributed by atoms with van der Waals surface area (Å²) < 4.78 is 0. The summed E-state index contributed by atoms with van der Waals surface area (Å²) >= 11 is 0. The van der Waals surface area contributed by atoms with Crippen LogP contribution in [-0.4, -0.2) is 11.2 Å². The molecule has 0 amide bonds. The lowest BCUT2D eigenvalue weighted by Gasteiger charge is -2.61. The molecule has 4 aliphatic carbocycles. The average Bonchev–Trinajstić information content (AvgIpc) is 2.99. The topological polar surface area (TPSA) is 20.2 Å². The van der Waals surface area contributed by atoms with E-state index in [1.165, 1.54) is 64.2 Å². The minimum atomic E-state index is -0.00830. The van der Waals surface area contributed by atoms with E-state index < -0.39 is 0 Å². The van der Waals surface area contributed by atoms with Crippen LogP contribution in [0.15, 0.2) is 0 Å². The average molecular weight is 389 g/mol. The first-order valence-electron chi connectivity index (χ1n) is 12.9. The molecule has 1 N–H and O–H groups in total. The predicted octanol–water partition coefficient (Wildman–Crippen LogP) is 7.47. The van der Waals surface area contributed by atoms with Gasteiger partial charge in [0.15, 0.2) is 0 Å². The zero-order chi connectivity index (χ0) is 20.1. The maximum atomic E-state index is 10.3. The maximum absolute atomic E-state index is 10.3. The monoisotopic (exact) mass is 388 g/mol. The van der Waals surface area contributed by atoms with Gasteiger partial charge in [-0.15, -0.1) is 0 Å². The number of hydrogen-bond donors (Lipinski definition) is 1. The van der Waals surface area contributed by atoms with Crippen molar-refractivity contribution in [2.45, 2.75) is 118 Å². The lowest BCUT2D eigenvalue weighted by atomic mass is 9.44. The second-order valence-corrected chi connectivity index (χ2v) is 12.6. The van der Waals surface area contributed by atoms with Crippen molar-refractivity contribution in [2.24, 2.45) is 52.3 Å². The molecule has 1 heteroatoms. The van der Waals surface area contributed by atoms with E-state index in [9.17, 15) is 5.11 Å². The van der Waals surface area contributed by atoms with Crippen LogP contribution in [0.3, 0.4) is 0 Å². The first-order valence-corrected chi connectivity index (χ1v) is 12.9. The fraction of sp³-hybridized carbons (Fsp3) is 1.00. The van der Waals surface area contributed by atoms with Crippen molar-refractivity contribution in [2.75, 3.05) is 0 Å². The molecule has 1 nitrogen and oxygen atoms in total. The van der Waals surface area contributed by atoms with Gasteiger partial charge in [0.05, 0.1) is 6.10 Å². The molecule has 0 aliphatic heterocycles. The van der Waals surface area contributed by atoms with E-state index in [0.29, 0.717) is 10.8 Å². The van der Waals surface area contributed by atoms with Crippen molar-refractivity contribution in [3.63, 3.8) is 0 Å². The van der Waals surface area contributed by atoms with E-state index in [1.54, 1.807) is 0 Å². The van der Waals surface area contributed by atoms with Crippen molar-refractivity contribution in [1.29, 1.82) is 0 Å². The molecule has 4 saturated carbocycles. The SMILES string of the molecule is CC(C)CCC[C@@H](C)[C@@H]1CC[C@H]2[C@@H]3CC[C@H]4C[C@@H](O)CC[C@]4(C)[C@H]3CC[C@@]21C. The highest BCUT2D eigenvalue weighted by atomic mass is 16.3. The molecule has 4 fully saturated rings. The summed E-state index contributed by atoms with van der Waals surface area (Å²) in [5.41, 5.74) is 1.15. The molecule has 0 heterocycles. The first-order chi connectivity index (χ1) is 13.3. The van der Waals surface area contributed by atoms with Gasteiger partial charge in [-0.05, 0) is 110 Å². The molecule has 0 aromatic heterocycles. The van der Waals surface area contributed by atoms with Gasteiger partial charge in [-0.3, -0.25) is 0 Å². The van der Waals surface area contributed by atoms with Crippen molar-refractivity contribution in [1.82, 2.24) is 0 Å². The number of fused-ring (bicyclic) bond motifs is 5. The summed E-state index contributed by atoms with van der Waals surface area (Å²) in [6.07, 6.45) is 16.6. The van der Waals surface area contributed by atoms with E-state index in [1.807, 2.05) is 0 Å². The van der Waals surface area contributed by atoms with Crippen LogP contribution in [-0.2, 0) is 0 Å². The van der Waals surface area contributed by atoms with Crippen molar-refractivity contribution in [3.05, 3.63) is 0 Å². The van der Waals surface area contributed by atoms with Crippen LogP contribution < -0.4 is 0 Å². The largest absolute Gasteiger partial charge is 0.393 e. The highest BCUT2D eigenvalue weighted by Crippen LogP contribution is 2.68. The summed E-state index contributed by atoms with van der Waals surface area (Å²) in [7, 11) is 0. The highest BCUT2D eigenvalue weighted by molar-refractivity contribution is 5.09. The number of aliphatic hydroxyl groups excluding tert-OH is 1. The summed E-state index contributed by atoms with van der Waals surface area (Å²) in [6, 6.07) is 0. The zero-order valence-corrected chi connectivity index (χ0v) is 19.6. The van der Waals surface area contributed by atoms with Gasteiger partial charge in [0.25, 0.3) is 0 Å². The maximum Gasteiger partial charge on any atom is 0.0543 e. The van der Waals surface area contributed by atoms with E-state index in [0.717, 1.165) is 54.3 Å². The molecule has 0 aromatic rings. The Morgan fingerprint density at radius 1 is 0.821 bits per heavy atom. The quantitative estimate of drug-likeness (QED) is 0.518. The van der Waals surface area contributed by atoms with Gasteiger partial charge in [0.1, 0.15) is 0 Å². The van der Waals surface area contributed by atoms with Gasteiger partial charge in [-0.25, -0.2) is 0 Å². The zero-order valence-electron chi connectivity index (χ0n) is 19.6. The van der Waals surface area contributed by atoms with Crippen molar-refractivity contribution in [3.8, 4) is 0 Å². The lowest BCUT2D eigenvalue weighted by Crippen LogP contribution is -2.54. The molecule has 0 unspecified atom stereocenters. The third-order valence-electron chi connectivity index (χ3n) is 10.8. The van der Waals surface area contributed by atoms with Crippen LogP contribution in [0.5, 0.6) is 0 Å². The van der Waals surface area contributed by atoms with Crippen molar-refractivity contribution < 1.29 is 5.11 Å². The molecule has 9 atom stereocenters. The van der Waals surface area contributed by atoms with Gasteiger partial charge in [0.2, 0.25) is 0 Å². The summed E-state index contributed by atoms with van der Waals surface area (Å²) in [5.74, 6) is 6.49. The van der Waals surface area contributed by atoms with Gasteiger partial charge < -0.3 is 5.11 Å². The molecule has 0 spiro atoms. The van der Waals surface area contributed by atoms with Crippen molar-refractivity contribution >= 4 is 0 Å². The molecular formula is C27H48O. The molecular weight excluding hydrogens is 340 g/mol. The van der Waals surface area contributed by atoms with Crippen LogP contribution in [0.1, 0.15) is 112 Å². The van der Waals surface area contributed by atoms with E-state index in [-0.39, 0.29) is 6.10 Å². The second-order valence-electron chi connectivity index (χ2n) is 12.6. The molecule has 162 valence electrons. The molecule has 0 bridgehead atoms. The van der Waals surface area contributed by atoms with E-state index in [2.05, 4.69) is 34.6 Å². The third-order valence-corrected chi connectivity index (χ3v) is 10.8. The number of hydrogen-bond acceptors (Lipinski definition) is 1. The normalized spacial score (nSPS) is 49.4. The fourth-order valence-corrected chi connectivity index (χ4v) is 9.26. The third kappa shape index (κ3) is 3.50. The summed E-state index contributed by atoms with van der Waals surface area (Å²) in [5, 5.41) is 10.3. The van der Waals surface area contributed by atoms with Gasteiger partial charge >= 0.3 is 0 Å². The molecule has 0 aromatic carbocycles. The number of aliphatic hydroxyl groups is 1. The summed E-state index contributed by atoms with van der Waals surface area (Å²) in [6.45, 7) is 12.7. The predicted molar refractivity (Wildman–Crippen MR) is 119 cm³/mol. The Bertz CT molecular complexity index is 540. The standard InChI is InChI=1S/C27H48O/c1-18(2)7-6-8-19(3)23-11-12-24-22-10-9-20-17-21(28)13-15-26(20,4)25(22)14-16-27(23,24)5/h18-25,28H,6-17H2,1-5H3/t19-,20+,21+,22+,23+,24+,25+,26+,27-/m1/s1. The van der Waals surface area contributed by atoms with Gasteiger partial charge in [-0.2, -0.15) is 0 Å². The van der Waals surface area contributed by atoms with Crippen LogP contribution in [0.2, 0.25) is 0 Å². The van der Waals surface area contributed by atoms with Gasteiger partial charge in [-0.1, -0.05) is 53.9 Å². The molecule has 4 rings (SSSR count). The summed E-state index contributed by atoms with van der Waals surface area (Å²) in [4.78, 5) is 0. The minimum absolute atomic E-state index is 0.00830. The van der Waals surface area contributed by atoms with E-state index >= 15 is 0 Å². The van der Waals surface area contributed by atoms with Crippen LogP contribution in [0, 0.1) is 52.3 Å². The van der Waals surface area contributed by atoms with Crippen LogP contribution in [0.4, 0.5) is 0 Å². The Morgan fingerprint density at radius 2 is 1.54 bits per heavy atom. The smallest absolute Gasteiger partial charge is 0.0543 e. The van der Waals surface area contributed by atoms with E-state index in [4.69, 9.17) is 0 Å².